The van der Waals surface area contributed by atoms with Crippen LogP contribution in [0.15, 0.2) is 70.9 Å². The predicted molar refractivity (Wildman–Crippen MR) is 103 cm³/mol. The van der Waals surface area contributed by atoms with Gasteiger partial charge >= 0.3 is 0 Å². The van der Waals surface area contributed by atoms with E-state index in [4.69, 9.17) is 11.6 Å². The predicted octanol–water partition coefficient (Wildman–Crippen LogP) is 4.97. The average Bonchev–Trinajstić information content (AvgIpc) is 2.93. The molecule has 0 saturated carbocycles. The minimum absolute atomic E-state index is 0.0309. The molecule has 2 N–H and O–H groups in total. The summed E-state index contributed by atoms with van der Waals surface area (Å²) in [5.41, 5.74) is 1.06. The van der Waals surface area contributed by atoms with Crippen LogP contribution in [0.3, 0.4) is 0 Å². The first-order chi connectivity index (χ1) is 13.5. The maximum absolute atomic E-state index is 12.6. The van der Waals surface area contributed by atoms with E-state index < -0.39 is 11.8 Å². The Balaban J connectivity index is 1.69. The summed E-state index contributed by atoms with van der Waals surface area (Å²) in [5.74, 6) is -1.28. The summed E-state index contributed by atoms with van der Waals surface area (Å²) < 4.78 is 0. The van der Waals surface area contributed by atoms with E-state index >= 15 is 0 Å². The Kier molecular flexibility index (Phi) is 4.29. The largest absolute Gasteiger partial charge is 0.506 e. The van der Waals surface area contributed by atoms with Crippen LogP contribution in [-0.4, -0.2) is 22.0 Å². The molecular weight excluding hydrogens is 382 g/mol. The van der Waals surface area contributed by atoms with Crippen molar-refractivity contribution in [2.45, 2.75) is 0 Å². The number of benzene rings is 3. The first-order valence-corrected chi connectivity index (χ1v) is 8.54. The molecule has 0 aromatic heterocycles. The van der Waals surface area contributed by atoms with Crippen molar-refractivity contribution in [1.82, 2.24) is 0 Å². The third kappa shape index (κ3) is 2.97. The molecule has 0 spiro atoms. The van der Waals surface area contributed by atoms with Crippen LogP contribution in [0.4, 0.5) is 17.1 Å². The number of nitrogens with zero attached hydrogens (tertiary/aromatic N) is 3. The molecule has 1 aliphatic heterocycles. The van der Waals surface area contributed by atoms with E-state index in [1.807, 2.05) is 0 Å². The number of phenolic OH excluding ortho intramolecular Hbond substituents is 2. The molecule has 7 nitrogen and oxygen atoms in total. The number of carbonyl (C=O) groups excluding carboxylic acids is 2. The SMILES string of the molecule is O=C1c2ccccc2C(=O)N1c1ccc(O)c(N=Nc2ccc(Cl)cc2O)c1. The lowest BCUT2D eigenvalue weighted by Crippen LogP contribution is -2.29. The number of aromatic hydroxyl groups is 2. The van der Waals surface area contributed by atoms with Gasteiger partial charge in [0.25, 0.3) is 11.8 Å². The maximum Gasteiger partial charge on any atom is 0.266 e. The molecule has 28 heavy (non-hydrogen) atoms. The number of carbonyl (C=O) groups is 2. The number of rotatable bonds is 3. The zero-order valence-corrected chi connectivity index (χ0v) is 15.0. The lowest BCUT2D eigenvalue weighted by molar-refractivity contribution is 0.0926. The average molecular weight is 394 g/mol. The normalized spacial score (nSPS) is 13.4. The molecule has 8 heteroatoms. The summed E-state index contributed by atoms with van der Waals surface area (Å²) in [4.78, 5) is 26.2. The van der Waals surface area contributed by atoms with Gasteiger partial charge in [0.15, 0.2) is 0 Å². The smallest absolute Gasteiger partial charge is 0.266 e. The maximum atomic E-state index is 12.6. The van der Waals surface area contributed by atoms with Crippen molar-refractivity contribution in [3.05, 3.63) is 76.8 Å². The summed E-state index contributed by atoms with van der Waals surface area (Å²) in [6, 6.07) is 15.0. The minimum atomic E-state index is -0.454. The minimum Gasteiger partial charge on any atom is -0.506 e. The number of halogens is 1. The Morgan fingerprint density at radius 2 is 1.39 bits per heavy atom. The molecule has 4 rings (SSSR count). The third-order valence-corrected chi connectivity index (χ3v) is 4.45. The van der Waals surface area contributed by atoms with Crippen LogP contribution in [0.1, 0.15) is 20.7 Å². The molecule has 3 aromatic rings. The molecule has 0 bridgehead atoms. The lowest BCUT2D eigenvalue weighted by Gasteiger charge is -2.14. The molecular formula is C20H12ClN3O4. The quantitative estimate of drug-likeness (QED) is 0.484. The van der Waals surface area contributed by atoms with Gasteiger partial charge in [-0.1, -0.05) is 23.7 Å². The van der Waals surface area contributed by atoms with Crippen LogP contribution >= 0.6 is 11.6 Å². The summed E-state index contributed by atoms with van der Waals surface area (Å²) in [5, 5.41) is 28.0. The van der Waals surface area contributed by atoms with Gasteiger partial charge < -0.3 is 10.2 Å². The van der Waals surface area contributed by atoms with Gasteiger partial charge in [0.2, 0.25) is 0 Å². The molecule has 2 amide bonds. The Morgan fingerprint density at radius 3 is 2.04 bits per heavy atom. The molecule has 0 saturated heterocycles. The molecule has 1 aliphatic rings. The van der Waals surface area contributed by atoms with Crippen molar-refractivity contribution in [2.75, 3.05) is 4.90 Å². The van der Waals surface area contributed by atoms with Gasteiger partial charge in [0.05, 0.1) is 16.8 Å². The Bertz CT molecular complexity index is 1120. The zero-order chi connectivity index (χ0) is 19.8. The Hall–Kier alpha value is -3.71. The molecule has 138 valence electrons. The highest BCUT2D eigenvalue weighted by Crippen LogP contribution is 2.37. The van der Waals surface area contributed by atoms with E-state index in [2.05, 4.69) is 10.2 Å². The third-order valence-electron chi connectivity index (χ3n) is 4.21. The van der Waals surface area contributed by atoms with E-state index in [1.54, 1.807) is 24.3 Å². The molecule has 0 radical (unpaired) electrons. The number of azo groups is 1. The number of fused-ring (bicyclic) bond motifs is 1. The van der Waals surface area contributed by atoms with Crippen LogP contribution in [-0.2, 0) is 0 Å². The van der Waals surface area contributed by atoms with Crippen LogP contribution in [0, 0.1) is 0 Å². The molecule has 3 aromatic carbocycles. The van der Waals surface area contributed by atoms with Crippen LogP contribution in [0.25, 0.3) is 0 Å². The topological polar surface area (TPSA) is 103 Å². The first kappa shape index (κ1) is 17.7. The fourth-order valence-electron chi connectivity index (χ4n) is 2.84. The molecule has 0 unspecified atom stereocenters. The highest BCUT2D eigenvalue weighted by Gasteiger charge is 2.36. The van der Waals surface area contributed by atoms with Gasteiger partial charge in [-0.2, -0.15) is 0 Å². The summed E-state index contributed by atoms with van der Waals surface area (Å²) in [6.07, 6.45) is 0. The van der Waals surface area contributed by atoms with Crippen LogP contribution in [0.5, 0.6) is 11.5 Å². The summed E-state index contributed by atoms with van der Waals surface area (Å²) >= 11 is 5.78. The molecule has 0 atom stereocenters. The van der Waals surface area contributed by atoms with Crippen molar-refractivity contribution in [3.8, 4) is 11.5 Å². The van der Waals surface area contributed by atoms with E-state index in [9.17, 15) is 19.8 Å². The van der Waals surface area contributed by atoms with E-state index in [0.717, 1.165) is 4.90 Å². The molecule has 1 heterocycles. The molecule has 0 aliphatic carbocycles. The van der Waals surface area contributed by atoms with Gasteiger partial charge in [-0.05, 0) is 42.5 Å². The van der Waals surface area contributed by atoms with Gasteiger partial charge in [0.1, 0.15) is 22.9 Å². The number of hydrogen-bond donors (Lipinski definition) is 2. The summed E-state index contributed by atoms with van der Waals surface area (Å²) in [6.45, 7) is 0. The van der Waals surface area contributed by atoms with Gasteiger partial charge in [0, 0.05) is 11.1 Å². The second-order valence-electron chi connectivity index (χ2n) is 6.00. The van der Waals surface area contributed by atoms with Gasteiger partial charge in [-0.3, -0.25) is 9.59 Å². The number of amides is 2. The molecule has 0 fully saturated rings. The van der Waals surface area contributed by atoms with Crippen LogP contribution < -0.4 is 4.90 Å². The number of anilines is 1. The fraction of sp³-hybridized carbons (Fsp3) is 0. The standard InChI is InChI=1S/C20H12ClN3O4/c21-11-5-7-15(18(26)9-11)22-23-16-10-12(6-8-17(16)25)24-19(27)13-3-1-2-4-14(13)20(24)28/h1-10,25-26H. The summed E-state index contributed by atoms with van der Waals surface area (Å²) in [7, 11) is 0. The van der Waals surface area contributed by atoms with E-state index in [-0.39, 0.29) is 28.6 Å². The zero-order valence-electron chi connectivity index (χ0n) is 14.2. The monoisotopic (exact) mass is 393 g/mol. The Morgan fingerprint density at radius 1 is 0.750 bits per heavy atom. The number of imide groups is 1. The van der Waals surface area contributed by atoms with Crippen molar-refractivity contribution >= 4 is 40.5 Å². The van der Waals surface area contributed by atoms with Crippen molar-refractivity contribution in [2.24, 2.45) is 10.2 Å². The fourth-order valence-corrected chi connectivity index (χ4v) is 3.01. The number of hydrogen-bond acceptors (Lipinski definition) is 6. The van der Waals surface area contributed by atoms with Gasteiger partial charge in [-0.15, -0.1) is 10.2 Å². The second-order valence-corrected chi connectivity index (χ2v) is 6.43. The second kappa shape index (κ2) is 6.79. The van der Waals surface area contributed by atoms with Crippen LogP contribution in [0.2, 0.25) is 5.02 Å². The highest BCUT2D eigenvalue weighted by atomic mass is 35.5. The first-order valence-electron chi connectivity index (χ1n) is 8.17. The highest BCUT2D eigenvalue weighted by molar-refractivity contribution is 6.34. The number of phenols is 2. The Labute approximate surface area is 164 Å². The van der Waals surface area contributed by atoms with Crippen molar-refractivity contribution in [1.29, 1.82) is 0 Å². The lowest BCUT2D eigenvalue weighted by atomic mass is 10.1. The van der Waals surface area contributed by atoms with E-state index in [1.165, 1.54) is 36.4 Å². The van der Waals surface area contributed by atoms with E-state index in [0.29, 0.717) is 16.1 Å². The van der Waals surface area contributed by atoms with Gasteiger partial charge in [-0.25, -0.2) is 4.90 Å². The van der Waals surface area contributed by atoms with Crippen molar-refractivity contribution < 1.29 is 19.8 Å². The van der Waals surface area contributed by atoms with Crippen molar-refractivity contribution in [3.63, 3.8) is 0 Å².